The van der Waals surface area contributed by atoms with Crippen LogP contribution in [-0.2, 0) is 15.9 Å². The summed E-state index contributed by atoms with van der Waals surface area (Å²) in [5.41, 5.74) is -0.470. The molecule has 1 fully saturated rings. The quantitative estimate of drug-likeness (QED) is 0.754. The average molecular weight is 403 g/mol. The van der Waals surface area contributed by atoms with E-state index in [1.54, 1.807) is 4.90 Å². The van der Waals surface area contributed by atoms with E-state index in [0.29, 0.717) is 18.2 Å². The zero-order chi connectivity index (χ0) is 17.0. The SMILES string of the molecule is CC(C)(C)OC(=O)N1CCCC(C[S+](O)c2ccc(Br)cc2)C1. The standard InChI is InChI=1S/C17H25BrNO3S/c1-17(2,3)22-16(20)19-10-4-5-13(11-19)12-23(21)15-8-6-14(18)7-9-15/h6-9,13,21H,4-5,10-12H2,1-3H3/q+1. The van der Waals surface area contributed by atoms with Crippen LogP contribution in [-0.4, -0.2) is 40.0 Å². The number of piperidine rings is 1. The largest absolute Gasteiger partial charge is 0.444 e. The van der Waals surface area contributed by atoms with E-state index < -0.39 is 16.8 Å². The Hall–Kier alpha value is -0.720. The lowest BCUT2D eigenvalue weighted by Gasteiger charge is -2.33. The van der Waals surface area contributed by atoms with Crippen molar-refractivity contribution in [1.82, 2.24) is 4.90 Å². The van der Waals surface area contributed by atoms with Crippen LogP contribution in [0, 0.1) is 5.92 Å². The van der Waals surface area contributed by atoms with Gasteiger partial charge in [0.05, 0.1) is 0 Å². The zero-order valence-electron chi connectivity index (χ0n) is 13.9. The molecule has 0 radical (unpaired) electrons. The Balaban J connectivity index is 1.90. The number of likely N-dealkylation sites (tertiary alicyclic amines) is 1. The number of carbonyl (C=O) groups excluding carboxylic acids is 1. The van der Waals surface area contributed by atoms with Gasteiger partial charge in [-0.05, 0) is 57.9 Å². The van der Waals surface area contributed by atoms with Gasteiger partial charge in [0.2, 0.25) is 0 Å². The Bertz CT molecular complexity index is 530. The molecule has 0 saturated carbocycles. The van der Waals surface area contributed by atoms with Crippen molar-refractivity contribution in [2.75, 3.05) is 18.8 Å². The van der Waals surface area contributed by atoms with Gasteiger partial charge in [-0.1, -0.05) is 15.9 Å². The fraction of sp³-hybridized carbons (Fsp3) is 0.588. The van der Waals surface area contributed by atoms with Crippen LogP contribution in [0.1, 0.15) is 33.6 Å². The van der Waals surface area contributed by atoms with Crippen molar-refractivity contribution in [2.45, 2.75) is 44.1 Å². The number of rotatable bonds is 3. The molecule has 128 valence electrons. The Labute approximate surface area is 149 Å². The van der Waals surface area contributed by atoms with Gasteiger partial charge >= 0.3 is 6.09 Å². The number of halogens is 1. The fourth-order valence-electron chi connectivity index (χ4n) is 2.60. The highest BCUT2D eigenvalue weighted by atomic mass is 79.9. The molecule has 1 aliphatic heterocycles. The maximum Gasteiger partial charge on any atom is 0.410 e. The molecule has 4 nitrogen and oxygen atoms in total. The summed E-state index contributed by atoms with van der Waals surface area (Å²) in [5.74, 6) is 1.01. The Morgan fingerprint density at radius 1 is 1.39 bits per heavy atom. The lowest BCUT2D eigenvalue weighted by Crippen LogP contribution is -2.44. The third-order valence-electron chi connectivity index (χ3n) is 3.65. The number of ether oxygens (including phenoxy) is 1. The minimum Gasteiger partial charge on any atom is -0.444 e. The molecule has 1 heterocycles. The number of nitrogens with zero attached hydrogens (tertiary/aromatic N) is 1. The van der Waals surface area contributed by atoms with Crippen LogP contribution < -0.4 is 0 Å². The summed E-state index contributed by atoms with van der Waals surface area (Å²) in [7, 11) is 0. The smallest absolute Gasteiger partial charge is 0.410 e. The second kappa shape index (κ2) is 7.90. The molecule has 2 unspecified atom stereocenters. The molecule has 0 aromatic heterocycles. The van der Waals surface area contributed by atoms with E-state index in [2.05, 4.69) is 15.9 Å². The number of amides is 1. The van der Waals surface area contributed by atoms with Gasteiger partial charge in [-0.3, -0.25) is 0 Å². The molecule has 0 aliphatic carbocycles. The predicted molar refractivity (Wildman–Crippen MR) is 97.8 cm³/mol. The molecular weight excluding hydrogens is 378 g/mol. The number of hydrogen-bond acceptors (Lipinski definition) is 3. The lowest BCUT2D eigenvalue weighted by atomic mass is 10.0. The van der Waals surface area contributed by atoms with E-state index in [-0.39, 0.29) is 6.09 Å². The Kier molecular flexibility index (Phi) is 6.40. The van der Waals surface area contributed by atoms with Crippen LogP contribution in [0.25, 0.3) is 0 Å². The summed E-state index contributed by atoms with van der Waals surface area (Å²) in [6, 6.07) is 7.78. The monoisotopic (exact) mass is 402 g/mol. The molecule has 0 spiro atoms. The van der Waals surface area contributed by atoms with Crippen molar-refractivity contribution < 1.29 is 14.1 Å². The minimum atomic E-state index is -0.786. The molecule has 1 amide bonds. The molecule has 23 heavy (non-hydrogen) atoms. The lowest BCUT2D eigenvalue weighted by molar-refractivity contribution is 0.0176. The molecular formula is C17H25BrNO3S+. The van der Waals surface area contributed by atoms with E-state index >= 15 is 0 Å². The van der Waals surface area contributed by atoms with Crippen molar-refractivity contribution in [3.05, 3.63) is 28.7 Å². The zero-order valence-corrected chi connectivity index (χ0v) is 16.3. The van der Waals surface area contributed by atoms with Crippen molar-refractivity contribution in [1.29, 1.82) is 0 Å². The number of carbonyl (C=O) groups is 1. The first-order chi connectivity index (χ1) is 10.7. The molecule has 1 saturated heterocycles. The molecule has 6 heteroatoms. The third-order valence-corrected chi connectivity index (χ3v) is 5.78. The molecule has 1 aromatic carbocycles. The first kappa shape index (κ1) is 18.6. The second-order valence-electron chi connectivity index (χ2n) is 6.92. The van der Waals surface area contributed by atoms with Gasteiger partial charge in [-0.2, -0.15) is 4.55 Å². The topological polar surface area (TPSA) is 49.8 Å². The Morgan fingerprint density at radius 2 is 2.04 bits per heavy atom. The molecule has 2 atom stereocenters. The van der Waals surface area contributed by atoms with Gasteiger partial charge in [-0.25, -0.2) is 4.79 Å². The van der Waals surface area contributed by atoms with Crippen LogP contribution in [0.15, 0.2) is 33.6 Å². The van der Waals surface area contributed by atoms with E-state index in [1.807, 2.05) is 45.0 Å². The summed E-state index contributed by atoms with van der Waals surface area (Å²) < 4.78 is 16.9. The van der Waals surface area contributed by atoms with Crippen LogP contribution in [0.5, 0.6) is 0 Å². The van der Waals surface area contributed by atoms with Crippen LogP contribution >= 0.6 is 15.9 Å². The van der Waals surface area contributed by atoms with Gasteiger partial charge in [-0.15, -0.1) is 0 Å². The third kappa shape index (κ3) is 6.01. The summed E-state index contributed by atoms with van der Waals surface area (Å²) in [4.78, 5) is 14.9. The summed E-state index contributed by atoms with van der Waals surface area (Å²) in [5, 5.41) is 0. The van der Waals surface area contributed by atoms with E-state index in [4.69, 9.17) is 4.74 Å². The van der Waals surface area contributed by atoms with Crippen molar-refractivity contribution in [3.8, 4) is 0 Å². The molecule has 1 aliphatic rings. The maximum atomic E-state index is 12.2. The highest BCUT2D eigenvalue weighted by molar-refractivity contribution is 9.10. The molecule has 0 bridgehead atoms. The van der Waals surface area contributed by atoms with Crippen LogP contribution in [0.2, 0.25) is 0 Å². The Morgan fingerprint density at radius 3 is 2.65 bits per heavy atom. The summed E-state index contributed by atoms with van der Waals surface area (Å²) >= 11 is 2.62. The normalized spacial score (nSPS) is 20.2. The van der Waals surface area contributed by atoms with Gasteiger partial charge in [0.15, 0.2) is 21.8 Å². The van der Waals surface area contributed by atoms with E-state index in [0.717, 1.165) is 28.8 Å². The second-order valence-corrected chi connectivity index (χ2v) is 9.37. The molecule has 1 aromatic rings. The first-order valence-electron chi connectivity index (χ1n) is 7.88. The number of benzene rings is 1. The van der Waals surface area contributed by atoms with E-state index in [9.17, 15) is 9.35 Å². The maximum absolute atomic E-state index is 12.2. The van der Waals surface area contributed by atoms with Crippen molar-refractivity contribution in [3.63, 3.8) is 0 Å². The van der Waals surface area contributed by atoms with Gasteiger partial charge in [0.25, 0.3) is 0 Å². The van der Waals surface area contributed by atoms with Gasteiger partial charge in [0, 0.05) is 23.5 Å². The van der Waals surface area contributed by atoms with Crippen molar-refractivity contribution in [2.24, 2.45) is 5.92 Å². The van der Waals surface area contributed by atoms with Crippen LogP contribution in [0.4, 0.5) is 4.79 Å². The average Bonchev–Trinajstić information content (AvgIpc) is 2.46. The minimum absolute atomic E-state index is 0.247. The first-order valence-corrected chi connectivity index (χ1v) is 10.0. The summed E-state index contributed by atoms with van der Waals surface area (Å²) in [6.45, 7) is 7.04. The highest BCUT2D eigenvalue weighted by Crippen LogP contribution is 2.24. The van der Waals surface area contributed by atoms with Gasteiger partial charge in [0.1, 0.15) is 5.60 Å². The number of hydrogen-bond donors (Lipinski definition) is 1. The molecule has 2 rings (SSSR count). The molecule has 1 N–H and O–H groups in total. The van der Waals surface area contributed by atoms with Crippen LogP contribution in [0.3, 0.4) is 0 Å². The fourth-order valence-corrected chi connectivity index (χ4v) is 4.23. The summed E-state index contributed by atoms with van der Waals surface area (Å²) in [6.07, 6.45) is 1.75. The highest BCUT2D eigenvalue weighted by Gasteiger charge is 2.32. The van der Waals surface area contributed by atoms with E-state index in [1.165, 1.54) is 0 Å². The van der Waals surface area contributed by atoms with Gasteiger partial charge < -0.3 is 9.64 Å². The van der Waals surface area contributed by atoms with Crippen molar-refractivity contribution >= 4 is 33.2 Å². The predicted octanol–water partition coefficient (Wildman–Crippen LogP) is 4.55.